The molecule has 0 aliphatic carbocycles. The van der Waals surface area contributed by atoms with Crippen molar-refractivity contribution < 1.29 is 8.83 Å². The van der Waals surface area contributed by atoms with Crippen LogP contribution in [0.4, 0.5) is 0 Å². The molecule has 0 aliphatic heterocycles. The van der Waals surface area contributed by atoms with E-state index in [1.807, 2.05) is 60.8 Å². The lowest BCUT2D eigenvalue weighted by Crippen LogP contribution is -1.84. The first-order valence-corrected chi connectivity index (χ1v) is 13.0. The van der Waals surface area contributed by atoms with E-state index in [9.17, 15) is 0 Å². The van der Waals surface area contributed by atoms with Crippen molar-refractivity contribution in [3.63, 3.8) is 0 Å². The van der Waals surface area contributed by atoms with Crippen molar-refractivity contribution >= 4 is 55.0 Å². The van der Waals surface area contributed by atoms with Crippen LogP contribution < -0.4 is 0 Å². The van der Waals surface area contributed by atoms with Crippen LogP contribution in [0, 0.1) is 0 Å². The number of nitrogens with zero attached hydrogens (tertiary/aromatic N) is 1. The van der Waals surface area contributed by atoms with Crippen molar-refractivity contribution in [1.29, 1.82) is 0 Å². The quantitative estimate of drug-likeness (QED) is 0.219. The summed E-state index contributed by atoms with van der Waals surface area (Å²) in [6.45, 7) is 6.36. The molecule has 3 heteroatoms. The Morgan fingerprint density at radius 1 is 0.692 bits per heavy atom. The van der Waals surface area contributed by atoms with E-state index in [-0.39, 0.29) is 0 Å². The summed E-state index contributed by atoms with van der Waals surface area (Å²) in [6.07, 6.45) is 7.94. The Labute approximate surface area is 226 Å². The Balaban J connectivity index is 1.23. The van der Waals surface area contributed by atoms with Crippen LogP contribution in [0.5, 0.6) is 0 Å². The van der Waals surface area contributed by atoms with E-state index in [1.165, 1.54) is 0 Å². The molecule has 0 unspecified atom stereocenters. The highest BCUT2D eigenvalue weighted by Gasteiger charge is 2.16. The number of pyridine rings is 1. The lowest BCUT2D eigenvalue weighted by atomic mass is 9.98. The highest BCUT2D eigenvalue weighted by Crippen LogP contribution is 2.39. The first-order valence-electron chi connectivity index (χ1n) is 13.0. The zero-order valence-electron chi connectivity index (χ0n) is 21.5. The van der Waals surface area contributed by atoms with Gasteiger partial charge in [-0.05, 0) is 83.3 Å². The monoisotopic (exact) mass is 503 g/mol. The minimum Gasteiger partial charge on any atom is -0.452 e. The second-order valence-electron chi connectivity index (χ2n) is 9.76. The van der Waals surface area contributed by atoms with Crippen molar-refractivity contribution in [2.75, 3.05) is 0 Å². The largest absolute Gasteiger partial charge is 0.452 e. The Morgan fingerprint density at radius 2 is 1.44 bits per heavy atom. The first-order chi connectivity index (χ1) is 19.2. The van der Waals surface area contributed by atoms with E-state index in [0.717, 1.165) is 77.4 Å². The first kappa shape index (κ1) is 23.0. The molecule has 0 saturated heterocycles. The summed E-state index contributed by atoms with van der Waals surface area (Å²) in [4.78, 5) is 4.40. The topological polar surface area (TPSA) is 39.2 Å². The van der Waals surface area contributed by atoms with Crippen molar-refractivity contribution in [2.45, 2.75) is 6.92 Å². The molecular weight excluding hydrogens is 478 g/mol. The van der Waals surface area contributed by atoms with Gasteiger partial charge in [0.1, 0.15) is 11.2 Å². The summed E-state index contributed by atoms with van der Waals surface area (Å²) in [5.74, 6) is 0. The van der Waals surface area contributed by atoms with E-state index in [1.54, 1.807) is 0 Å². The maximum atomic E-state index is 6.32. The molecule has 0 saturated carbocycles. The molecule has 4 aromatic carbocycles. The van der Waals surface area contributed by atoms with Gasteiger partial charge < -0.3 is 8.83 Å². The Morgan fingerprint density at radius 3 is 2.26 bits per heavy atom. The highest BCUT2D eigenvalue weighted by molar-refractivity contribution is 6.19. The predicted molar refractivity (Wildman–Crippen MR) is 162 cm³/mol. The summed E-state index contributed by atoms with van der Waals surface area (Å²) in [6, 6.07) is 33.1. The molecule has 0 aliphatic rings. The standard InChI is InChI=1S/C36H25NO2/c1-23(9-7-10-24(2)32-14-5-6-20-37-32)25-11-8-12-26(21-25)27-16-19-34-31(22-27)30-18-17-29-28-13-3-4-15-33(28)38-35(29)36(30)39-34/h3-22H,1H2,2H3/b9-7-,24-10+. The van der Waals surface area contributed by atoms with Crippen LogP contribution >= 0.6 is 0 Å². The maximum absolute atomic E-state index is 6.32. The van der Waals surface area contributed by atoms with Gasteiger partial charge in [0.05, 0.1) is 5.69 Å². The fourth-order valence-corrected chi connectivity index (χ4v) is 5.18. The van der Waals surface area contributed by atoms with Crippen molar-refractivity contribution in [3.8, 4) is 11.1 Å². The van der Waals surface area contributed by atoms with Crippen LogP contribution in [-0.4, -0.2) is 4.98 Å². The van der Waals surface area contributed by atoms with E-state index in [2.05, 4.69) is 79.2 Å². The molecule has 7 rings (SSSR count). The molecular formula is C36H25NO2. The molecule has 3 heterocycles. The molecule has 0 amide bonds. The number of allylic oxidation sites excluding steroid dienone is 5. The van der Waals surface area contributed by atoms with Gasteiger partial charge in [0.2, 0.25) is 0 Å². The maximum Gasteiger partial charge on any atom is 0.178 e. The van der Waals surface area contributed by atoms with Crippen molar-refractivity contribution in [3.05, 3.63) is 139 Å². The summed E-state index contributed by atoms with van der Waals surface area (Å²) < 4.78 is 12.5. The number of hydrogen-bond donors (Lipinski definition) is 0. The van der Waals surface area contributed by atoms with Gasteiger partial charge in [-0.1, -0.05) is 73.3 Å². The van der Waals surface area contributed by atoms with Crippen molar-refractivity contribution in [2.24, 2.45) is 0 Å². The number of hydrogen-bond acceptors (Lipinski definition) is 3. The fraction of sp³-hybridized carbons (Fsp3) is 0.0278. The van der Waals surface area contributed by atoms with Gasteiger partial charge in [0.15, 0.2) is 11.2 Å². The molecule has 0 N–H and O–H groups in total. The minimum atomic E-state index is 0.789. The van der Waals surface area contributed by atoms with E-state index in [4.69, 9.17) is 8.83 Å². The summed E-state index contributed by atoms with van der Waals surface area (Å²) in [7, 11) is 0. The highest BCUT2D eigenvalue weighted by atomic mass is 16.4. The summed E-state index contributed by atoms with van der Waals surface area (Å²) in [5, 5.41) is 4.30. The fourth-order valence-electron chi connectivity index (χ4n) is 5.18. The third-order valence-corrected chi connectivity index (χ3v) is 7.26. The summed E-state index contributed by atoms with van der Waals surface area (Å²) in [5.41, 5.74) is 9.66. The van der Waals surface area contributed by atoms with E-state index >= 15 is 0 Å². The lowest BCUT2D eigenvalue weighted by molar-refractivity contribution is 0.633. The number of fused-ring (bicyclic) bond motifs is 7. The number of furan rings is 2. The van der Waals surface area contributed by atoms with Crippen LogP contribution in [0.3, 0.4) is 0 Å². The molecule has 186 valence electrons. The normalized spacial score (nSPS) is 12.4. The number of para-hydroxylation sites is 1. The second kappa shape index (κ2) is 9.30. The predicted octanol–water partition coefficient (Wildman–Crippen LogP) is 10.2. The Hall–Kier alpha value is -5.15. The van der Waals surface area contributed by atoms with Gasteiger partial charge in [-0.25, -0.2) is 0 Å². The molecule has 0 atom stereocenters. The Kier molecular flexibility index (Phi) is 5.49. The van der Waals surface area contributed by atoms with Crippen LogP contribution in [0.15, 0.2) is 137 Å². The zero-order chi connectivity index (χ0) is 26.3. The molecule has 3 nitrogen and oxygen atoms in total. The van der Waals surface area contributed by atoms with E-state index < -0.39 is 0 Å². The molecule has 0 bridgehead atoms. The van der Waals surface area contributed by atoms with Crippen LogP contribution in [0.25, 0.3) is 66.2 Å². The van der Waals surface area contributed by atoms with Gasteiger partial charge in [0.25, 0.3) is 0 Å². The van der Waals surface area contributed by atoms with Gasteiger partial charge in [-0.15, -0.1) is 0 Å². The van der Waals surface area contributed by atoms with Crippen LogP contribution in [0.2, 0.25) is 0 Å². The van der Waals surface area contributed by atoms with Gasteiger partial charge in [-0.3, -0.25) is 4.98 Å². The molecule has 0 spiro atoms. The minimum absolute atomic E-state index is 0.789. The number of aromatic nitrogens is 1. The van der Waals surface area contributed by atoms with Gasteiger partial charge in [0, 0.05) is 27.7 Å². The van der Waals surface area contributed by atoms with Gasteiger partial charge in [-0.2, -0.15) is 0 Å². The molecule has 0 radical (unpaired) electrons. The Bertz CT molecular complexity index is 2090. The average molecular weight is 504 g/mol. The van der Waals surface area contributed by atoms with E-state index in [0.29, 0.717) is 0 Å². The smallest absolute Gasteiger partial charge is 0.178 e. The third kappa shape index (κ3) is 4.05. The number of benzene rings is 4. The lowest BCUT2D eigenvalue weighted by Gasteiger charge is -2.06. The van der Waals surface area contributed by atoms with Crippen LogP contribution in [-0.2, 0) is 0 Å². The van der Waals surface area contributed by atoms with Crippen molar-refractivity contribution in [1.82, 2.24) is 4.98 Å². The number of rotatable bonds is 5. The molecule has 39 heavy (non-hydrogen) atoms. The average Bonchev–Trinajstić information content (AvgIpc) is 3.55. The summed E-state index contributed by atoms with van der Waals surface area (Å²) >= 11 is 0. The van der Waals surface area contributed by atoms with Crippen LogP contribution in [0.1, 0.15) is 18.2 Å². The molecule has 3 aromatic heterocycles. The molecule has 0 fully saturated rings. The van der Waals surface area contributed by atoms with Gasteiger partial charge >= 0.3 is 0 Å². The SMILES string of the molecule is C=C(/C=C\C=C(/C)c1ccccn1)c1cccc(-c2ccc3oc4c(ccc5c6ccccc6oc54)c3c2)c1. The zero-order valence-corrected chi connectivity index (χ0v) is 21.5. The second-order valence-corrected chi connectivity index (χ2v) is 9.76. The molecule has 7 aromatic rings. The third-order valence-electron chi connectivity index (χ3n) is 7.26.